The number of nitrogens with one attached hydrogen (secondary N) is 2. The molecule has 8 heteroatoms. The SMILES string of the molecule is COc1cc(CNn2c(-c3ccccc3)n[nH]c2=S)cc(Cl)c1OCc1ccc(C)cc1. The van der Waals surface area contributed by atoms with Crippen molar-refractivity contribution in [2.75, 3.05) is 12.5 Å². The summed E-state index contributed by atoms with van der Waals surface area (Å²) in [4.78, 5) is 0. The van der Waals surface area contributed by atoms with Crippen molar-refractivity contribution < 1.29 is 9.47 Å². The van der Waals surface area contributed by atoms with Crippen molar-refractivity contribution in [2.24, 2.45) is 0 Å². The topological polar surface area (TPSA) is 64.1 Å². The van der Waals surface area contributed by atoms with Crippen molar-refractivity contribution in [3.05, 3.63) is 93.2 Å². The van der Waals surface area contributed by atoms with Crippen LogP contribution in [-0.4, -0.2) is 22.0 Å². The number of aromatic amines is 1. The summed E-state index contributed by atoms with van der Waals surface area (Å²) in [5, 5.41) is 7.65. The van der Waals surface area contributed by atoms with Crippen molar-refractivity contribution in [2.45, 2.75) is 20.1 Å². The molecular weight excluding hydrogens is 444 g/mol. The molecule has 1 heterocycles. The Bertz CT molecular complexity index is 1250. The fraction of sp³-hybridized carbons (Fsp3) is 0.167. The quantitative estimate of drug-likeness (QED) is 0.316. The van der Waals surface area contributed by atoms with Gasteiger partial charge in [-0.2, -0.15) is 5.10 Å². The van der Waals surface area contributed by atoms with Gasteiger partial charge >= 0.3 is 0 Å². The first-order chi connectivity index (χ1) is 15.5. The number of benzene rings is 3. The van der Waals surface area contributed by atoms with Crippen LogP contribution in [0.25, 0.3) is 11.4 Å². The summed E-state index contributed by atoms with van der Waals surface area (Å²) in [6.07, 6.45) is 0. The fourth-order valence-corrected chi connectivity index (χ4v) is 3.73. The van der Waals surface area contributed by atoms with E-state index >= 15 is 0 Å². The molecule has 1 aromatic heterocycles. The molecule has 2 N–H and O–H groups in total. The molecule has 32 heavy (non-hydrogen) atoms. The van der Waals surface area contributed by atoms with E-state index in [0.717, 1.165) is 16.7 Å². The van der Waals surface area contributed by atoms with Crippen LogP contribution in [0.3, 0.4) is 0 Å². The number of aryl methyl sites for hydroxylation is 1. The second-order valence-electron chi connectivity index (χ2n) is 7.27. The molecule has 164 valence electrons. The van der Waals surface area contributed by atoms with E-state index in [1.165, 1.54) is 5.56 Å². The highest BCUT2D eigenvalue weighted by Gasteiger charge is 2.14. The first-order valence-electron chi connectivity index (χ1n) is 10.1. The molecule has 0 spiro atoms. The third-order valence-electron chi connectivity index (χ3n) is 4.94. The lowest BCUT2D eigenvalue weighted by molar-refractivity contribution is 0.284. The monoisotopic (exact) mass is 466 g/mol. The maximum Gasteiger partial charge on any atom is 0.214 e. The molecule has 6 nitrogen and oxygen atoms in total. The van der Waals surface area contributed by atoms with Gasteiger partial charge in [0.15, 0.2) is 17.3 Å². The summed E-state index contributed by atoms with van der Waals surface area (Å²) in [6.45, 7) is 2.91. The molecule has 4 aromatic rings. The van der Waals surface area contributed by atoms with Gasteiger partial charge in [-0.1, -0.05) is 71.8 Å². The number of halogens is 1. The lowest BCUT2D eigenvalue weighted by Crippen LogP contribution is -2.16. The predicted molar refractivity (Wildman–Crippen MR) is 129 cm³/mol. The van der Waals surface area contributed by atoms with Gasteiger partial charge in [-0.05, 0) is 42.4 Å². The van der Waals surface area contributed by atoms with Crippen LogP contribution in [0.5, 0.6) is 11.5 Å². The molecule has 0 aliphatic heterocycles. The largest absolute Gasteiger partial charge is 0.493 e. The number of hydrogen-bond donors (Lipinski definition) is 2. The van der Waals surface area contributed by atoms with E-state index in [0.29, 0.717) is 40.3 Å². The second-order valence-corrected chi connectivity index (χ2v) is 8.07. The summed E-state index contributed by atoms with van der Waals surface area (Å²) in [5.74, 6) is 1.79. The van der Waals surface area contributed by atoms with Gasteiger partial charge in [0, 0.05) is 5.56 Å². The molecule has 0 bridgehead atoms. The molecule has 0 aliphatic rings. The summed E-state index contributed by atoms with van der Waals surface area (Å²) in [5.41, 5.74) is 7.42. The first-order valence-corrected chi connectivity index (χ1v) is 10.8. The van der Waals surface area contributed by atoms with E-state index in [1.54, 1.807) is 11.8 Å². The van der Waals surface area contributed by atoms with E-state index in [1.807, 2.05) is 54.6 Å². The average Bonchev–Trinajstić information content (AvgIpc) is 3.18. The Morgan fingerprint density at radius 1 is 1.06 bits per heavy atom. The van der Waals surface area contributed by atoms with E-state index in [2.05, 4.69) is 34.7 Å². The lowest BCUT2D eigenvalue weighted by atomic mass is 10.1. The lowest BCUT2D eigenvalue weighted by Gasteiger charge is -2.15. The second kappa shape index (κ2) is 9.89. The molecule has 0 radical (unpaired) electrons. The molecule has 4 rings (SSSR count). The number of H-pyrrole nitrogens is 1. The van der Waals surface area contributed by atoms with Crippen molar-refractivity contribution in [3.8, 4) is 22.9 Å². The Balaban J connectivity index is 1.51. The number of nitrogens with zero attached hydrogens (tertiary/aromatic N) is 2. The van der Waals surface area contributed by atoms with E-state index in [-0.39, 0.29) is 0 Å². The van der Waals surface area contributed by atoms with E-state index < -0.39 is 0 Å². The summed E-state index contributed by atoms with van der Waals surface area (Å²) >= 11 is 11.9. The van der Waals surface area contributed by atoms with E-state index in [4.69, 9.17) is 33.3 Å². The van der Waals surface area contributed by atoms with Gasteiger partial charge in [0.1, 0.15) is 6.61 Å². The Kier molecular flexibility index (Phi) is 6.78. The van der Waals surface area contributed by atoms with Crippen LogP contribution < -0.4 is 14.9 Å². The maximum atomic E-state index is 6.55. The van der Waals surface area contributed by atoms with Gasteiger partial charge in [-0.25, -0.2) is 9.77 Å². The normalized spacial score (nSPS) is 10.7. The van der Waals surface area contributed by atoms with Gasteiger partial charge in [-0.3, -0.25) is 0 Å². The molecule has 0 unspecified atom stereocenters. The molecular formula is C24H23ClN4O2S. The first kappa shape index (κ1) is 21.9. The third-order valence-corrected chi connectivity index (χ3v) is 5.49. The van der Waals surface area contributed by atoms with Crippen LogP contribution in [0.1, 0.15) is 16.7 Å². The molecule has 0 amide bonds. The van der Waals surface area contributed by atoms with Crippen LogP contribution in [-0.2, 0) is 13.2 Å². The zero-order valence-corrected chi connectivity index (χ0v) is 19.3. The summed E-state index contributed by atoms with van der Waals surface area (Å²) in [7, 11) is 1.60. The number of rotatable bonds is 8. The Morgan fingerprint density at radius 3 is 2.53 bits per heavy atom. The van der Waals surface area contributed by atoms with Crippen molar-refractivity contribution in [1.29, 1.82) is 0 Å². The van der Waals surface area contributed by atoms with Crippen molar-refractivity contribution in [3.63, 3.8) is 0 Å². The van der Waals surface area contributed by atoms with Crippen LogP contribution in [0.15, 0.2) is 66.7 Å². The van der Waals surface area contributed by atoms with Crippen LogP contribution in [0.4, 0.5) is 0 Å². The minimum Gasteiger partial charge on any atom is -0.493 e. The smallest absolute Gasteiger partial charge is 0.214 e. The number of aromatic nitrogens is 3. The van der Waals surface area contributed by atoms with Crippen molar-refractivity contribution >= 4 is 23.8 Å². The van der Waals surface area contributed by atoms with Gasteiger partial charge < -0.3 is 14.9 Å². The standard InChI is InChI=1S/C24H23ClN4O2S/c1-16-8-10-17(11-9-16)15-31-22-20(25)12-18(13-21(22)30-2)14-26-29-23(27-28-24(29)32)19-6-4-3-5-7-19/h3-13,26H,14-15H2,1-2H3,(H,28,32). The van der Waals surface area contributed by atoms with Gasteiger partial charge in [0.25, 0.3) is 0 Å². The van der Waals surface area contributed by atoms with Gasteiger partial charge in [0.05, 0.1) is 18.7 Å². The highest BCUT2D eigenvalue weighted by molar-refractivity contribution is 7.71. The highest BCUT2D eigenvalue weighted by atomic mass is 35.5. The molecule has 0 aliphatic carbocycles. The molecule has 0 saturated carbocycles. The van der Waals surface area contributed by atoms with Crippen LogP contribution in [0, 0.1) is 11.7 Å². The fourth-order valence-electron chi connectivity index (χ4n) is 3.25. The molecule has 0 saturated heterocycles. The Hall–Kier alpha value is -3.29. The van der Waals surface area contributed by atoms with Gasteiger partial charge in [0.2, 0.25) is 4.77 Å². The summed E-state index contributed by atoms with van der Waals surface area (Å²) in [6, 6.07) is 21.7. The third kappa shape index (κ3) is 4.95. The van der Waals surface area contributed by atoms with Crippen molar-refractivity contribution in [1.82, 2.24) is 14.9 Å². The Labute approximate surface area is 196 Å². The minimum atomic E-state index is 0.401. The van der Waals surface area contributed by atoms with Crippen LogP contribution >= 0.6 is 23.8 Å². The number of methoxy groups -OCH3 is 1. The molecule has 3 aromatic carbocycles. The average molecular weight is 467 g/mol. The molecule has 0 fully saturated rings. The number of hydrogen-bond acceptors (Lipinski definition) is 5. The highest BCUT2D eigenvalue weighted by Crippen LogP contribution is 2.37. The predicted octanol–water partition coefficient (Wildman–Crippen LogP) is 5.90. The minimum absolute atomic E-state index is 0.401. The van der Waals surface area contributed by atoms with Gasteiger partial charge in [-0.15, -0.1) is 0 Å². The van der Waals surface area contributed by atoms with E-state index in [9.17, 15) is 0 Å². The zero-order chi connectivity index (χ0) is 22.5. The molecule has 0 atom stereocenters. The zero-order valence-electron chi connectivity index (χ0n) is 17.8. The maximum absolute atomic E-state index is 6.55. The Morgan fingerprint density at radius 2 is 1.81 bits per heavy atom. The van der Waals surface area contributed by atoms with Crippen LogP contribution in [0.2, 0.25) is 5.02 Å². The number of ether oxygens (including phenoxy) is 2. The summed E-state index contributed by atoms with van der Waals surface area (Å²) < 4.78 is 13.7.